The van der Waals surface area contributed by atoms with Crippen molar-refractivity contribution in [3.05, 3.63) is 12.2 Å². The maximum Gasteiger partial charge on any atom is 0.313 e. The highest BCUT2D eigenvalue weighted by molar-refractivity contribution is 5.84. The average Bonchev–Trinajstić information content (AvgIpc) is 2.46. The van der Waals surface area contributed by atoms with Gasteiger partial charge in [0.15, 0.2) is 0 Å². The summed E-state index contributed by atoms with van der Waals surface area (Å²) in [5.74, 6) is -1.52. The molecule has 0 saturated heterocycles. The third-order valence-corrected chi connectivity index (χ3v) is 3.78. The zero-order valence-corrected chi connectivity index (χ0v) is 12.9. The van der Waals surface area contributed by atoms with Crippen molar-refractivity contribution in [2.45, 2.75) is 65.6 Å². The minimum absolute atomic E-state index is 0.111. The summed E-state index contributed by atoms with van der Waals surface area (Å²) in [6.07, 6.45) is 6.48. The monoisotopic (exact) mass is 282 g/mol. The molecule has 0 N–H and O–H groups in total. The zero-order chi connectivity index (χ0) is 15.1. The van der Waals surface area contributed by atoms with Gasteiger partial charge < -0.3 is 9.47 Å². The number of hydrogen-bond acceptors (Lipinski definition) is 4. The second-order valence-electron chi connectivity index (χ2n) is 5.45. The molecule has 114 valence electrons. The van der Waals surface area contributed by atoms with Crippen molar-refractivity contribution in [1.82, 2.24) is 0 Å². The summed E-state index contributed by atoms with van der Waals surface area (Å²) in [5, 5.41) is 0. The number of esters is 2. The van der Waals surface area contributed by atoms with Gasteiger partial charge in [-0.05, 0) is 39.5 Å². The van der Waals surface area contributed by atoms with Crippen molar-refractivity contribution in [3.63, 3.8) is 0 Å². The molecule has 4 heteroatoms. The highest BCUT2D eigenvalue weighted by Crippen LogP contribution is 2.28. The molecule has 0 aromatic heterocycles. The lowest BCUT2D eigenvalue weighted by Crippen LogP contribution is -2.35. The molecule has 20 heavy (non-hydrogen) atoms. The summed E-state index contributed by atoms with van der Waals surface area (Å²) in [5.41, 5.74) is 0. The van der Waals surface area contributed by atoms with Crippen LogP contribution >= 0.6 is 0 Å². The minimum atomic E-state index is -0.505. The first-order valence-corrected chi connectivity index (χ1v) is 7.57. The van der Waals surface area contributed by atoms with Gasteiger partial charge >= 0.3 is 11.9 Å². The van der Waals surface area contributed by atoms with E-state index in [1.54, 1.807) is 6.08 Å². The number of allylic oxidation sites excluding steroid dienone is 1. The average molecular weight is 282 g/mol. The van der Waals surface area contributed by atoms with Gasteiger partial charge in [0, 0.05) is 0 Å². The first-order valence-electron chi connectivity index (χ1n) is 7.57. The number of rotatable bonds is 6. The van der Waals surface area contributed by atoms with Gasteiger partial charge in [0.25, 0.3) is 0 Å². The number of hydrogen-bond donors (Lipinski definition) is 0. The summed E-state index contributed by atoms with van der Waals surface area (Å²) in [6, 6.07) is 0. The molecule has 0 aromatic carbocycles. The molecule has 4 unspecified atom stereocenters. The van der Waals surface area contributed by atoms with E-state index in [1.165, 1.54) is 0 Å². The molecule has 0 heterocycles. The Balaban J connectivity index is 2.70. The number of carbonyl (C=O) groups excluding carboxylic acids is 2. The van der Waals surface area contributed by atoms with Gasteiger partial charge in [-0.3, -0.25) is 9.59 Å². The molecule has 4 nitrogen and oxygen atoms in total. The highest BCUT2D eigenvalue weighted by Gasteiger charge is 2.36. The summed E-state index contributed by atoms with van der Waals surface area (Å²) in [6.45, 7) is 7.65. The van der Waals surface area contributed by atoms with Crippen LogP contribution in [0.1, 0.15) is 53.4 Å². The molecular weight excluding hydrogens is 256 g/mol. The molecule has 0 spiro atoms. The first kappa shape index (κ1) is 16.7. The van der Waals surface area contributed by atoms with E-state index in [-0.39, 0.29) is 24.1 Å². The lowest BCUT2D eigenvalue weighted by atomic mass is 9.84. The van der Waals surface area contributed by atoms with Gasteiger partial charge in [-0.2, -0.15) is 0 Å². The van der Waals surface area contributed by atoms with E-state index >= 15 is 0 Å². The Labute approximate surface area is 121 Å². The SMILES string of the molecule is CCC(C)OC(=O)C1C=CCCC1C(=O)OC(C)CC. The van der Waals surface area contributed by atoms with Gasteiger partial charge in [0.2, 0.25) is 0 Å². The van der Waals surface area contributed by atoms with Crippen molar-refractivity contribution in [1.29, 1.82) is 0 Å². The van der Waals surface area contributed by atoms with Crippen molar-refractivity contribution < 1.29 is 19.1 Å². The lowest BCUT2D eigenvalue weighted by molar-refractivity contribution is -0.164. The van der Waals surface area contributed by atoms with Gasteiger partial charge in [0.05, 0.1) is 24.0 Å². The van der Waals surface area contributed by atoms with Gasteiger partial charge in [-0.15, -0.1) is 0 Å². The maximum atomic E-state index is 12.2. The first-order chi connectivity index (χ1) is 9.49. The van der Waals surface area contributed by atoms with E-state index in [4.69, 9.17) is 9.47 Å². The normalized spacial score (nSPS) is 24.8. The fourth-order valence-corrected chi connectivity index (χ4v) is 2.07. The molecule has 1 aliphatic carbocycles. The molecular formula is C16H26O4. The summed E-state index contributed by atoms with van der Waals surface area (Å²) in [4.78, 5) is 24.3. The van der Waals surface area contributed by atoms with Crippen molar-refractivity contribution in [2.75, 3.05) is 0 Å². The zero-order valence-electron chi connectivity index (χ0n) is 12.9. The molecule has 0 radical (unpaired) electrons. The van der Waals surface area contributed by atoms with Crippen LogP contribution in [0.4, 0.5) is 0 Å². The largest absolute Gasteiger partial charge is 0.462 e. The molecule has 0 aromatic rings. The Morgan fingerprint density at radius 2 is 1.65 bits per heavy atom. The Morgan fingerprint density at radius 3 is 2.20 bits per heavy atom. The topological polar surface area (TPSA) is 52.6 Å². The molecule has 1 rings (SSSR count). The Hall–Kier alpha value is -1.32. The van der Waals surface area contributed by atoms with Crippen LogP contribution in [0.15, 0.2) is 12.2 Å². The molecule has 0 amide bonds. The molecule has 0 bridgehead atoms. The van der Waals surface area contributed by atoms with Crippen molar-refractivity contribution in [3.8, 4) is 0 Å². The summed E-state index contributed by atoms with van der Waals surface area (Å²) >= 11 is 0. The van der Waals surface area contributed by atoms with Crippen LogP contribution in [0, 0.1) is 11.8 Å². The molecule has 4 atom stereocenters. The standard InChI is InChI=1S/C16H26O4/c1-5-11(3)19-15(17)13-9-7-8-10-14(13)16(18)20-12(4)6-2/h7,9,11-14H,5-6,8,10H2,1-4H3. The van der Waals surface area contributed by atoms with Crippen LogP contribution in [-0.4, -0.2) is 24.1 Å². The Morgan fingerprint density at radius 1 is 1.10 bits per heavy atom. The fourth-order valence-electron chi connectivity index (χ4n) is 2.07. The van der Waals surface area contributed by atoms with Crippen LogP contribution in [0.25, 0.3) is 0 Å². The van der Waals surface area contributed by atoms with Crippen molar-refractivity contribution in [2.24, 2.45) is 11.8 Å². The van der Waals surface area contributed by atoms with E-state index in [2.05, 4.69) is 0 Å². The smallest absolute Gasteiger partial charge is 0.313 e. The molecule has 0 saturated carbocycles. The van der Waals surface area contributed by atoms with E-state index in [0.29, 0.717) is 6.42 Å². The van der Waals surface area contributed by atoms with Gasteiger partial charge in [0.1, 0.15) is 0 Å². The predicted octanol–water partition coefficient (Wildman–Crippen LogP) is 3.25. The van der Waals surface area contributed by atoms with E-state index in [1.807, 2.05) is 33.8 Å². The molecule has 0 fully saturated rings. The second-order valence-corrected chi connectivity index (χ2v) is 5.45. The minimum Gasteiger partial charge on any atom is -0.462 e. The third kappa shape index (κ3) is 4.66. The van der Waals surface area contributed by atoms with E-state index in [9.17, 15) is 9.59 Å². The van der Waals surface area contributed by atoms with Crippen LogP contribution in [0.2, 0.25) is 0 Å². The van der Waals surface area contributed by atoms with E-state index in [0.717, 1.165) is 19.3 Å². The fraction of sp³-hybridized carbons (Fsp3) is 0.750. The lowest BCUT2D eigenvalue weighted by Gasteiger charge is -2.26. The third-order valence-electron chi connectivity index (χ3n) is 3.78. The van der Waals surface area contributed by atoms with Gasteiger partial charge in [-0.25, -0.2) is 0 Å². The number of ether oxygens (including phenoxy) is 2. The predicted molar refractivity (Wildman–Crippen MR) is 77.0 cm³/mol. The second kappa shape index (κ2) is 8.08. The summed E-state index contributed by atoms with van der Waals surface area (Å²) < 4.78 is 10.7. The summed E-state index contributed by atoms with van der Waals surface area (Å²) in [7, 11) is 0. The van der Waals surface area contributed by atoms with Crippen LogP contribution in [-0.2, 0) is 19.1 Å². The van der Waals surface area contributed by atoms with E-state index < -0.39 is 11.8 Å². The molecule has 1 aliphatic rings. The Bertz CT molecular complexity index is 361. The highest BCUT2D eigenvalue weighted by atomic mass is 16.6. The van der Waals surface area contributed by atoms with Crippen LogP contribution < -0.4 is 0 Å². The molecule has 0 aliphatic heterocycles. The van der Waals surface area contributed by atoms with Crippen LogP contribution in [0.5, 0.6) is 0 Å². The van der Waals surface area contributed by atoms with Crippen molar-refractivity contribution >= 4 is 11.9 Å². The maximum absolute atomic E-state index is 12.2. The Kier molecular flexibility index (Phi) is 6.76. The number of carbonyl (C=O) groups is 2. The quantitative estimate of drug-likeness (QED) is 0.554. The van der Waals surface area contributed by atoms with Gasteiger partial charge in [-0.1, -0.05) is 26.0 Å². The van der Waals surface area contributed by atoms with Crippen LogP contribution in [0.3, 0.4) is 0 Å².